The van der Waals surface area contributed by atoms with E-state index in [0.717, 1.165) is 25.4 Å². The van der Waals surface area contributed by atoms with Crippen LogP contribution < -0.4 is 5.32 Å². The van der Waals surface area contributed by atoms with Gasteiger partial charge in [0.05, 0.1) is 0 Å². The molecule has 1 N–H and O–H groups in total. The summed E-state index contributed by atoms with van der Waals surface area (Å²) in [6, 6.07) is 4.41. The summed E-state index contributed by atoms with van der Waals surface area (Å²) in [5.41, 5.74) is 5.59. The van der Waals surface area contributed by atoms with Crippen molar-refractivity contribution >= 4 is 11.6 Å². The number of nitrogens with one attached hydrogen (secondary N) is 1. The molecule has 0 fully saturated rings. The zero-order valence-electron chi connectivity index (χ0n) is 9.86. The topological polar surface area (TPSA) is 12.0 Å². The molecule has 0 aliphatic carbocycles. The number of hydrogen-bond acceptors (Lipinski definition) is 1. The maximum absolute atomic E-state index is 5.62. The molecule has 0 bridgehead atoms. The predicted octanol–water partition coefficient (Wildman–Crippen LogP) is 3.33. The minimum absolute atomic E-state index is 0.735. The van der Waals surface area contributed by atoms with Gasteiger partial charge in [-0.1, -0.05) is 12.1 Å². The van der Waals surface area contributed by atoms with E-state index >= 15 is 0 Å². The average molecular weight is 226 g/mol. The third kappa shape index (κ3) is 3.51. The van der Waals surface area contributed by atoms with E-state index in [4.69, 9.17) is 11.6 Å². The van der Waals surface area contributed by atoms with Crippen molar-refractivity contribution in [1.29, 1.82) is 0 Å². The standard InChI is InChI=1S/C13H20ClN/c1-10-5-6-13(12(3)11(10)2)9-15-8-4-7-14/h5-6,15H,4,7-9H2,1-3H3. The molecule has 1 nitrogen and oxygen atoms in total. The summed E-state index contributed by atoms with van der Waals surface area (Å²) in [6.45, 7) is 8.49. The maximum Gasteiger partial charge on any atom is 0.0235 e. The summed E-state index contributed by atoms with van der Waals surface area (Å²) in [6.07, 6.45) is 1.03. The van der Waals surface area contributed by atoms with Gasteiger partial charge in [-0.05, 0) is 56.0 Å². The van der Waals surface area contributed by atoms with Crippen molar-refractivity contribution in [1.82, 2.24) is 5.32 Å². The van der Waals surface area contributed by atoms with Crippen LogP contribution in [0.15, 0.2) is 12.1 Å². The fourth-order valence-corrected chi connectivity index (χ4v) is 1.75. The molecule has 1 aromatic carbocycles. The first-order chi connectivity index (χ1) is 7.16. The molecule has 15 heavy (non-hydrogen) atoms. The van der Waals surface area contributed by atoms with E-state index in [2.05, 4.69) is 38.2 Å². The molecule has 0 heterocycles. The van der Waals surface area contributed by atoms with Gasteiger partial charge in [-0.25, -0.2) is 0 Å². The fraction of sp³-hybridized carbons (Fsp3) is 0.538. The lowest BCUT2D eigenvalue weighted by atomic mass is 9.99. The van der Waals surface area contributed by atoms with Crippen molar-refractivity contribution in [3.63, 3.8) is 0 Å². The van der Waals surface area contributed by atoms with Crippen LogP contribution in [0.5, 0.6) is 0 Å². The first-order valence-corrected chi connectivity index (χ1v) is 6.02. The predicted molar refractivity (Wildman–Crippen MR) is 67.7 cm³/mol. The number of rotatable bonds is 5. The van der Waals surface area contributed by atoms with Crippen LogP contribution in [-0.2, 0) is 6.54 Å². The third-order valence-electron chi connectivity index (χ3n) is 2.97. The van der Waals surface area contributed by atoms with Crippen LogP contribution in [0.25, 0.3) is 0 Å². The van der Waals surface area contributed by atoms with Crippen molar-refractivity contribution in [2.24, 2.45) is 0 Å². The molecule has 84 valence electrons. The Balaban J connectivity index is 2.58. The summed E-state index contributed by atoms with van der Waals surface area (Å²) < 4.78 is 0. The van der Waals surface area contributed by atoms with E-state index in [1.165, 1.54) is 22.3 Å². The molecule has 0 aromatic heterocycles. The van der Waals surface area contributed by atoms with E-state index in [9.17, 15) is 0 Å². The fourth-order valence-electron chi connectivity index (χ4n) is 1.62. The van der Waals surface area contributed by atoms with Crippen LogP contribution in [0, 0.1) is 20.8 Å². The molecule has 0 saturated carbocycles. The summed E-state index contributed by atoms with van der Waals surface area (Å²) in [5.74, 6) is 0.735. The highest BCUT2D eigenvalue weighted by molar-refractivity contribution is 6.17. The quantitative estimate of drug-likeness (QED) is 0.599. The highest BCUT2D eigenvalue weighted by Gasteiger charge is 2.02. The molecule has 0 aliphatic heterocycles. The molecule has 0 aliphatic rings. The number of aryl methyl sites for hydroxylation is 1. The van der Waals surface area contributed by atoms with Gasteiger partial charge < -0.3 is 5.32 Å². The SMILES string of the molecule is Cc1ccc(CNCCCCl)c(C)c1C. The van der Waals surface area contributed by atoms with Crippen molar-refractivity contribution in [2.45, 2.75) is 33.7 Å². The molecule has 0 amide bonds. The summed E-state index contributed by atoms with van der Waals surface area (Å²) in [4.78, 5) is 0. The lowest BCUT2D eigenvalue weighted by Crippen LogP contribution is -2.16. The third-order valence-corrected chi connectivity index (χ3v) is 3.24. The Morgan fingerprint density at radius 3 is 2.53 bits per heavy atom. The molecule has 0 unspecified atom stereocenters. The van der Waals surface area contributed by atoms with Crippen molar-refractivity contribution < 1.29 is 0 Å². The molecule has 2 heteroatoms. The van der Waals surface area contributed by atoms with Gasteiger partial charge in [-0.3, -0.25) is 0 Å². The van der Waals surface area contributed by atoms with Gasteiger partial charge in [0.15, 0.2) is 0 Å². The zero-order valence-corrected chi connectivity index (χ0v) is 10.6. The van der Waals surface area contributed by atoms with Gasteiger partial charge in [-0.15, -0.1) is 11.6 Å². The average Bonchev–Trinajstić information content (AvgIpc) is 2.24. The van der Waals surface area contributed by atoms with Gasteiger partial charge in [0.1, 0.15) is 0 Å². The second kappa shape index (κ2) is 6.14. The largest absolute Gasteiger partial charge is 0.313 e. The van der Waals surface area contributed by atoms with Gasteiger partial charge in [0, 0.05) is 12.4 Å². The first kappa shape index (κ1) is 12.5. The van der Waals surface area contributed by atoms with E-state index in [-0.39, 0.29) is 0 Å². The number of halogens is 1. The number of benzene rings is 1. The van der Waals surface area contributed by atoms with Crippen LogP contribution in [0.1, 0.15) is 28.7 Å². The van der Waals surface area contributed by atoms with Crippen LogP contribution in [0.4, 0.5) is 0 Å². The lowest BCUT2D eigenvalue weighted by molar-refractivity contribution is 0.675. The van der Waals surface area contributed by atoms with Crippen molar-refractivity contribution in [3.05, 3.63) is 34.4 Å². The Bertz CT molecular complexity index is 321. The minimum Gasteiger partial charge on any atom is -0.313 e. The van der Waals surface area contributed by atoms with Gasteiger partial charge in [0.25, 0.3) is 0 Å². The molecule has 0 spiro atoms. The molecular formula is C13H20ClN. The highest BCUT2D eigenvalue weighted by Crippen LogP contribution is 2.16. The number of alkyl halides is 1. The lowest BCUT2D eigenvalue weighted by Gasteiger charge is -2.11. The summed E-state index contributed by atoms with van der Waals surface area (Å²) in [5, 5.41) is 3.41. The Kier molecular flexibility index (Phi) is 5.13. The Morgan fingerprint density at radius 2 is 1.87 bits per heavy atom. The van der Waals surface area contributed by atoms with Crippen molar-refractivity contribution in [3.8, 4) is 0 Å². The second-order valence-corrected chi connectivity index (χ2v) is 4.39. The van der Waals surface area contributed by atoms with Crippen LogP contribution in [-0.4, -0.2) is 12.4 Å². The molecule has 0 radical (unpaired) electrons. The summed E-state index contributed by atoms with van der Waals surface area (Å²) >= 11 is 5.62. The van der Waals surface area contributed by atoms with E-state index in [1.807, 2.05) is 0 Å². The van der Waals surface area contributed by atoms with Crippen LogP contribution in [0.2, 0.25) is 0 Å². The molecule has 0 saturated heterocycles. The van der Waals surface area contributed by atoms with Crippen molar-refractivity contribution in [2.75, 3.05) is 12.4 Å². The maximum atomic E-state index is 5.62. The molecule has 0 atom stereocenters. The van der Waals surface area contributed by atoms with E-state index in [1.54, 1.807) is 0 Å². The molecule has 1 rings (SSSR count). The van der Waals surface area contributed by atoms with E-state index in [0.29, 0.717) is 0 Å². The first-order valence-electron chi connectivity index (χ1n) is 5.49. The second-order valence-electron chi connectivity index (χ2n) is 4.01. The zero-order chi connectivity index (χ0) is 11.3. The molecule has 1 aromatic rings. The normalized spacial score (nSPS) is 10.7. The number of hydrogen-bond donors (Lipinski definition) is 1. The Hall–Kier alpha value is -0.530. The molecular weight excluding hydrogens is 206 g/mol. The van der Waals surface area contributed by atoms with Crippen LogP contribution >= 0.6 is 11.6 Å². The van der Waals surface area contributed by atoms with Gasteiger partial charge in [0.2, 0.25) is 0 Å². The Morgan fingerprint density at radius 1 is 1.13 bits per heavy atom. The van der Waals surface area contributed by atoms with E-state index < -0.39 is 0 Å². The smallest absolute Gasteiger partial charge is 0.0235 e. The van der Waals surface area contributed by atoms with Gasteiger partial charge >= 0.3 is 0 Å². The van der Waals surface area contributed by atoms with Gasteiger partial charge in [-0.2, -0.15) is 0 Å². The van der Waals surface area contributed by atoms with Crippen LogP contribution in [0.3, 0.4) is 0 Å². The Labute approximate surface area is 97.8 Å². The monoisotopic (exact) mass is 225 g/mol. The minimum atomic E-state index is 0.735. The summed E-state index contributed by atoms with van der Waals surface area (Å²) in [7, 11) is 0. The highest BCUT2D eigenvalue weighted by atomic mass is 35.5.